The fourth-order valence-electron chi connectivity index (χ4n) is 4.83. The van der Waals surface area contributed by atoms with Gasteiger partial charge in [0.2, 0.25) is 5.91 Å². The van der Waals surface area contributed by atoms with E-state index in [0.29, 0.717) is 30.3 Å². The van der Waals surface area contributed by atoms with Gasteiger partial charge in [0.05, 0.1) is 12.1 Å². The number of halogens is 1. The third-order valence-corrected chi connectivity index (χ3v) is 7.15. The molecule has 2 unspecified atom stereocenters. The van der Waals surface area contributed by atoms with Gasteiger partial charge in [0.1, 0.15) is 5.01 Å². The molecule has 2 aromatic rings. The molecule has 1 aromatic heterocycles. The minimum absolute atomic E-state index is 0. The molecule has 2 atom stereocenters. The number of nitrogens with zero attached hydrogens (tertiary/aromatic N) is 1. The number of fused-ring (bicyclic) bond motifs is 2. The monoisotopic (exact) mass is 419 g/mol. The normalized spacial score (nSPS) is 26.4. The summed E-state index contributed by atoms with van der Waals surface area (Å²) in [6.07, 6.45) is 7.18. The van der Waals surface area contributed by atoms with E-state index in [-0.39, 0.29) is 18.3 Å². The molecule has 2 bridgehead atoms. The highest BCUT2D eigenvalue weighted by molar-refractivity contribution is 7.13. The predicted octanol–water partition coefficient (Wildman–Crippen LogP) is 4.36. The molecule has 28 heavy (non-hydrogen) atoms. The Balaban J connectivity index is 0.00000225. The van der Waals surface area contributed by atoms with Crippen molar-refractivity contribution in [3.8, 4) is 10.6 Å². The van der Waals surface area contributed by atoms with Crippen LogP contribution >= 0.6 is 23.7 Å². The first-order valence-electron chi connectivity index (χ1n) is 10.2. The predicted molar refractivity (Wildman–Crippen MR) is 118 cm³/mol. The molecule has 6 heteroatoms. The van der Waals surface area contributed by atoms with E-state index in [0.717, 1.165) is 35.5 Å². The summed E-state index contributed by atoms with van der Waals surface area (Å²) in [5.41, 5.74) is 9.51. The zero-order chi connectivity index (χ0) is 18.8. The van der Waals surface area contributed by atoms with Gasteiger partial charge in [-0.1, -0.05) is 37.6 Å². The number of rotatable bonds is 5. The molecule has 152 valence electrons. The van der Waals surface area contributed by atoms with E-state index in [9.17, 15) is 4.79 Å². The standard InChI is InChI=1S/C22H29N3OS.ClH/c1-2-14-6-8-15(9-7-14)22-24-19(13-27-22)12-20(26)25-21-16-4-3-5-17(21)11-18(23)10-16;/h6-9,13,16-18,21H,2-5,10-12,23H2,1H3,(H,25,26);1H. The molecule has 4 rings (SSSR count). The Kier molecular flexibility index (Phi) is 7.13. The number of amides is 1. The van der Waals surface area contributed by atoms with Crippen molar-refractivity contribution in [1.29, 1.82) is 0 Å². The maximum absolute atomic E-state index is 12.6. The van der Waals surface area contributed by atoms with E-state index in [2.05, 4.69) is 36.5 Å². The summed E-state index contributed by atoms with van der Waals surface area (Å²) in [7, 11) is 0. The number of carbonyl (C=O) groups excluding carboxylic acids is 1. The molecular formula is C22H30ClN3OS. The number of aromatic nitrogens is 1. The Morgan fingerprint density at radius 1 is 1.21 bits per heavy atom. The highest BCUT2D eigenvalue weighted by Gasteiger charge is 2.39. The van der Waals surface area contributed by atoms with Crippen LogP contribution in [0.5, 0.6) is 0 Å². The molecular weight excluding hydrogens is 390 g/mol. The minimum atomic E-state index is 0. The van der Waals surface area contributed by atoms with E-state index in [1.54, 1.807) is 11.3 Å². The Morgan fingerprint density at radius 3 is 2.54 bits per heavy atom. The molecule has 2 fully saturated rings. The molecule has 2 aliphatic rings. The number of hydrogen-bond donors (Lipinski definition) is 2. The molecule has 0 saturated heterocycles. The molecule has 0 radical (unpaired) electrons. The summed E-state index contributed by atoms with van der Waals surface area (Å²) >= 11 is 1.61. The molecule has 3 N–H and O–H groups in total. The van der Waals surface area contributed by atoms with Crippen LogP contribution in [-0.4, -0.2) is 23.0 Å². The zero-order valence-electron chi connectivity index (χ0n) is 16.4. The first kappa shape index (κ1) is 21.3. The second-order valence-corrected chi connectivity index (χ2v) is 9.01. The third-order valence-electron chi connectivity index (χ3n) is 6.21. The van der Waals surface area contributed by atoms with Crippen molar-refractivity contribution >= 4 is 29.7 Å². The van der Waals surface area contributed by atoms with Crippen LogP contribution in [0.15, 0.2) is 29.6 Å². The molecule has 1 amide bonds. The number of thiazole rings is 1. The molecule has 0 aliphatic heterocycles. The van der Waals surface area contributed by atoms with Crippen molar-refractivity contribution < 1.29 is 4.79 Å². The third kappa shape index (κ3) is 4.76. The van der Waals surface area contributed by atoms with E-state index in [1.807, 2.05) is 5.38 Å². The Hall–Kier alpha value is -1.43. The number of carbonyl (C=O) groups is 1. The lowest BCUT2D eigenvalue weighted by Gasteiger charge is -2.45. The second kappa shape index (κ2) is 9.38. The SMILES string of the molecule is CCc1ccc(-c2nc(CC(=O)NC3C4CCCC3CC(N)C4)cs2)cc1.Cl. The van der Waals surface area contributed by atoms with Crippen molar-refractivity contribution in [2.75, 3.05) is 0 Å². The number of nitrogens with two attached hydrogens (primary N) is 1. The summed E-state index contributed by atoms with van der Waals surface area (Å²) in [5.74, 6) is 1.21. The summed E-state index contributed by atoms with van der Waals surface area (Å²) in [4.78, 5) is 17.3. The maximum atomic E-state index is 12.6. The van der Waals surface area contributed by atoms with Crippen molar-refractivity contribution in [1.82, 2.24) is 10.3 Å². The van der Waals surface area contributed by atoms with E-state index in [4.69, 9.17) is 10.7 Å². The van der Waals surface area contributed by atoms with Crippen molar-refractivity contribution in [2.45, 2.75) is 64.0 Å². The van der Waals surface area contributed by atoms with Crippen LogP contribution < -0.4 is 11.1 Å². The van der Waals surface area contributed by atoms with Gasteiger partial charge in [-0.25, -0.2) is 4.98 Å². The molecule has 1 aromatic carbocycles. The topological polar surface area (TPSA) is 68.0 Å². The summed E-state index contributed by atoms with van der Waals surface area (Å²) < 4.78 is 0. The van der Waals surface area contributed by atoms with Crippen LogP contribution in [0, 0.1) is 11.8 Å². The average molecular weight is 420 g/mol. The van der Waals surface area contributed by atoms with Crippen molar-refractivity contribution in [3.05, 3.63) is 40.9 Å². The quantitative estimate of drug-likeness (QED) is 0.756. The Labute approximate surface area is 177 Å². The summed E-state index contributed by atoms with van der Waals surface area (Å²) in [6.45, 7) is 2.16. The fraction of sp³-hybridized carbons (Fsp3) is 0.545. The first-order valence-corrected chi connectivity index (χ1v) is 11.1. The number of aryl methyl sites for hydroxylation is 1. The fourth-order valence-corrected chi connectivity index (χ4v) is 5.66. The van der Waals surface area contributed by atoms with Crippen LogP contribution in [0.4, 0.5) is 0 Å². The lowest BCUT2D eigenvalue weighted by molar-refractivity contribution is -0.122. The van der Waals surface area contributed by atoms with Crippen LogP contribution in [0.2, 0.25) is 0 Å². The van der Waals surface area contributed by atoms with Gasteiger partial charge >= 0.3 is 0 Å². The molecule has 4 nitrogen and oxygen atoms in total. The molecule has 1 heterocycles. The zero-order valence-corrected chi connectivity index (χ0v) is 18.0. The van der Waals surface area contributed by atoms with Crippen LogP contribution in [-0.2, 0) is 17.6 Å². The average Bonchev–Trinajstić information content (AvgIpc) is 3.11. The molecule has 2 aliphatic carbocycles. The van der Waals surface area contributed by atoms with E-state index in [1.165, 1.54) is 24.8 Å². The van der Waals surface area contributed by atoms with Crippen LogP contribution in [0.25, 0.3) is 10.6 Å². The van der Waals surface area contributed by atoms with Gasteiger partial charge in [-0.3, -0.25) is 4.79 Å². The molecule has 0 spiro atoms. The van der Waals surface area contributed by atoms with Gasteiger partial charge in [0.15, 0.2) is 0 Å². The van der Waals surface area contributed by atoms with Crippen molar-refractivity contribution in [3.63, 3.8) is 0 Å². The van der Waals surface area contributed by atoms with E-state index >= 15 is 0 Å². The van der Waals surface area contributed by atoms with Gasteiger partial charge in [0, 0.05) is 23.0 Å². The second-order valence-electron chi connectivity index (χ2n) is 8.15. The van der Waals surface area contributed by atoms with Crippen molar-refractivity contribution in [2.24, 2.45) is 17.6 Å². The number of hydrogen-bond acceptors (Lipinski definition) is 4. The minimum Gasteiger partial charge on any atom is -0.352 e. The summed E-state index contributed by atoms with van der Waals surface area (Å²) in [5, 5.41) is 6.33. The highest BCUT2D eigenvalue weighted by atomic mass is 35.5. The van der Waals surface area contributed by atoms with Gasteiger partial charge < -0.3 is 11.1 Å². The van der Waals surface area contributed by atoms with Gasteiger partial charge in [-0.2, -0.15) is 0 Å². The molecule has 2 saturated carbocycles. The van der Waals surface area contributed by atoms with Gasteiger partial charge in [-0.05, 0) is 49.5 Å². The first-order chi connectivity index (χ1) is 13.1. The Bertz CT molecular complexity index is 777. The summed E-state index contributed by atoms with van der Waals surface area (Å²) in [6, 6.07) is 9.16. The largest absolute Gasteiger partial charge is 0.352 e. The van der Waals surface area contributed by atoms with Crippen LogP contribution in [0.3, 0.4) is 0 Å². The number of nitrogens with one attached hydrogen (secondary N) is 1. The maximum Gasteiger partial charge on any atom is 0.226 e. The lowest BCUT2D eigenvalue weighted by Crippen LogP contribution is -2.54. The lowest BCUT2D eigenvalue weighted by atomic mass is 9.67. The van der Waals surface area contributed by atoms with Crippen LogP contribution in [0.1, 0.15) is 50.3 Å². The number of benzene rings is 1. The smallest absolute Gasteiger partial charge is 0.226 e. The van der Waals surface area contributed by atoms with Gasteiger partial charge in [0.25, 0.3) is 0 Å². The van der Waals surface area contributed by atoms with E-state index < -0.39 is 0 Å². The highest BCUT2D eigenvalue weighted by Crippen LogP contribution is 2.39. The van der Waals surface area contributed by atoms with Gasteiger partial charge in [-0.15, -0.1) is 23.7 Å². The Morgan fingerprint density at radius 2 is 1.89 bits per heavy atom.